The molecule has 13 heavy (non-hydrogen) atoms. The second kappa shape index (κ2) is 4.03. The van der Waals surface area contributed by atoms with Gasteiger partial charge in [0.15, 0.2) is 5.76 Å². The minimum atomic E-state index is -0.236. The number of rotatable bonds is 4. The van der Waals surface area contributed by atoms with Crippen LogP contribution < -0.4 is 0 Å². The summed E-state index contributed by atoms with van der Waals surface area (Å²) in [6, 6.07) is 3.31. The molecular weight excluding hydrogens is 168 g/mol. The average molecular weight is 180 g/mol. The second-order valence-corrected chi connectivity index (χ2v) is 2.90. The Bertz CT molecular complexity index is 323. The normalized spacial score (nSPS) is 10.0. The van der Waals surface area contributed by atoms with E-state index in [1.54, 1.807) is 26.0 Å². The van der Waals surface area contributed by atoms with Crippen molar-refractivity contribution >= 4 is 11.6 Å². The van der Waals surface area contributed by atoms with Gasteiger partial charge in [-0.2, -0.15) is 0 Å². The van der Waals surface area contributed by atoms with Crippen molar-refractivity contribution in [2.75, 3.05) is 0 Å². The van der Waals surface area contributed by atoms with Crippen LogP contribution in [0, 0.1) is 6.92 Å². The van der Waals surface area contributed by atoms with E-state index in [1.165, 1.54) is 0 Å². The molecule has 0 aliphatic rings. The highest BCUT2D eigenvalue weighted by atomic mass is 16.3. The fourth-order valence-electron chi connectivity index (χ4n) is 0.976. The van der Waals surface area contributed by atoms with Crippen molar-refractivity contribution in [3.63, 3.8) is 0 Å². The van der Waals surface area contributed by atoms with Crippen molar-refractivity contribution in [1.29, 1.82) is 0 Å². The zero-order valence-corrected chi connectivity index (χ0v) is 7.79. The van der Waals surface area contributed by atoms with Crippen LogP contribution in [0.15, 0.2) is 16.5 Å². The molecule has 0 saturated heterocycles. The van der Waals surface area contributed by atoms with Crippen molar-refractivity contribution in [3.8, 4) is 0 Å². The third-order valence-corrected chi connectivity index (χ3v) is 1.77. The van der Waals surface area contributed by atoms with E-state index >= 15 is 0 Å². The maximum Gasteiger partial charge on any atom is 0.205 e. The maximum absolute atomic E-state index is 11.3. The molecule has 0 amide bonds. The summed E-state index contributed by atoms with van der Waals surface area (Å²) in [4.78, 5) is 22.3. The van der Waals surface area contributed by atoms with Crippen LogP contribution in [0.4, 0.5) is 0 Å². The molecule has 0 atom stereocenters. The first-order valence-electron chi connectivity index (χ1n) is 4.24. The van der Waals surface area contributed by atoms with E-state index in [0.29, 0.717) is 12.2 Å². The van der Waals surface area contributed by atoms with Crippen molar-refractivity contribution < 1.29 is 14.0 Å². The smallest absolute Gasteiger partial charge is 0.205 e. The summed E-state index contributed by atoms with van der Waals surface area (Å²) in [6.07, 6.45) is 0.342. The summed E-state index contributed by atoms with van der Waals surface area (Å²) in [5, 5.41) is 0. The van der Waals surface area contributed by atoms with Crippen LogP contribution in [0.2, 0.25) is 0 Å². The largest absolute Gasteiger partial charge is 0.458 e. The maximum atomic E-state index is 11.3. The van der Waals surface area contributed by atoms with Crippen LogP contribution in [0.1, 0.15) is 36.1 Å². The molecule has 0 aromatic carbocycles. The molecule has 0 saturated carbocycles. The summed E-state index contributed by atoms with van der Waals surface area (Å²) < 4.78 is 5.09. The number of carbonyl (C=O) groups is 2. The monoisotopic (exact) mass is 180 g/mol. The predicted molar refractivity (Wildman–Crippen MR) is 47.7 cm³/mol. The number of hydrogen-bond donors (Lipinski definition) is 0. The summed E-state index contributed by atoms with van der Waals surface area (Å²) >= 11 is 0. The van der Waals surface area contributed by atoms with Crippen LogP contribution in [-0.2, 0) is 4.79 Å². The zero-order chi connectivity index (χ0) is 9.84. The summed E-state index contributed by atoms with van der Waals surface area (Å²) in [5.41, 5.74) is 0. The number of furan rings is 1. The molecule has 0 unspecified atom stereocenters. The van der Waals surface area contributed by atoms with Crippen LogP contribution in [0.25, 0.3) is 0 Å². The van der Waals surface area contributed by atoms with E-state index in [-0.39, 0.29) is 23.7 Å². The second-order valence-electron chi connectivity index (χ2n) is 2.90. The van der Waals surface area contributed by atoms with Gasteiger partial charge in [-0.05, 0) is 19.1 Å². The molecule has 0 spiro atoms. The molecule has 0 aliphatic heterocycles. The van der Waals surface area contributed by atoms with Gasteiger partial charge < -0.3 is 4.42 Å². The first-order valence-corrected chi connectivity index (χ1v) is 4.24. The van der Waals surface area contributed by atoms with Gasteiger partial charge in [0, 0.05) is 6.42 Å². The van der Waals surface area contributed by atoms with Crippen LogP contribution >= 0.6 is 0 Å². The van der Waals surface area contributed by atoms with E-state index < -0.39 is 0 Å². The number of hydrogen-bond acceptors (Lipinski definition) is 3. The Kier molecular flexibility index (Phi) is 3.01. The zero-order valence-electron chi connectivity index (χ0n) is 7.79. The molecule has 1 aromatic heterocycles. The lowest BCUT2D eigenvalue weighted by Crippen LogP contribution is -2.05. The highest BCUT2D eigenvalue weighted by Gasteiger charge is 2.13. The Morgan fingerprint density at radius 2 is 2.08 bits per heavy atom. The molecule has 70 valence electrons. The van der Waals surface area contributed by atoms with E-state index in [4.69, 9.17) is 4.42 Å². The molecule has 1 heterocycles. The van der Waals surface area contributed by atoms with E-state index in [0.717, 1.165) is 0 Å². The fraction of sp³-hybridized carbons (Fsp3) is 0.400. The Morgan fingerprint density at radius 1 is 1.38 bits per heavy atom. The van der Waals surface area contributed by atoms with Crippen LogP contribution in [0.3, 0.4) is 0 Å². The summed E-state index contributed by atoms with van der Waals surface area (Å²) in [6.45, 7) is 3.50. The van der Waals surface area contributed by atoms with Crippen molar-refractivity contribution in [2.45, 2.75) is 26.7 Å². The van der Waals surface area contributed by atoms with Gasteiger partial charge in [0.2, 0.25) is 5.78 Å². The first kappa shape index (κ1) is 9.71. The quantitative estimate of drug-likeness (QED) is 0.526. The molecule has 3 nitrogen and oxygen atoms in total. The van der Waals surface area contributed by atoms with Gasteiger partial charge in [-0.3, -0.25) is 9.59 Å². The van der Waals surface area contributed by atoms with Gasteiger partial charge in [-0.1, -0.05) is 6.92 Å². The number of Topliss-reactive ketones (excluding diaryl/α,β-unsaturated/α-hetero) is 2. The summed E-state index contributed by atoms with van der Waals surface area (Å²) in [7, 11) is 0. The van der Waals surface area contributed by atoms with Gasteiger partial charge in [0.25, 0.3) is 0 Å². The van der Waals surface area contributed by atoms with Crippen molar-refractivity contribution in [3.05, 3.63) is 23.7 Å². The first-order chi connectivity index (χ1) is 6.13. The lowest BCUT2D eigenvalue weighted by Gasteiger charge is -1.93. The third kappa shape index (κ3) is 2.54. The Labute approximate surface area is 76.7 Å². The molecule has 0 fully saturated rings. The molecule has 1 rings (SSSR count). The summed E-state index contributed by atoms with van der Waals surface area (Å²) in [5.74, 6) is 0.672. The van der Waals surface area contributed by atoms with E-state index in [1.807, 2.05) is 0 Å². The number of ketones is 2. The van der Waals surface area contributed by atoms with Crippen molar-refractivity contribution in [1.82, 2.24) is 0 Å². The van der Waals surface area contributed by atoms with E-state index in [9.17, 15) is 9.59 Å². The van der Waals surface area contributed by atoms with Gasteiger partial charge in [0.05, 0.1) is 6.42 Å². The van der Waals surface area contributed by atoms with Crippen LogP contribution in [0.5, 0.6) is 0 Å². The molecule has 1 aromatic rings. The lowest BCUT2D eigenvalue weighted by atomic mass is 10.1. The Hall–Kier alpha value is -1.38. The van der Waals surface area contributed by atoms with Crippen LogP contribution in [-0.4, -0.2) is 11.6 Å². The minimum absolute atomic E-state index is 0.0521. The number of aryl methyl sites for hydroxylation is 1. The highest BCUT2D eigenvalue weighted by Crippen LogP contribution is 2.09. The average Bonchev–Trinajstić information content (AvgIpc) is 2.51. The van der Waals surface area contributed by atoms with Gasteiger partial charge in [-0.25, -0.2) is 0 Å². The predicted octanol–water partition coefficient (Wildman–Crippen LogP) is 2.14. The topological polar surface area (TPSA) is 47.3 Å². The van der Waals surface area contributed by atoms with Gasteiger partial charge >= 0.3 is 0 Å². The number of carbonyl (C=O) groups excluding carboxylic acids is 2. The molecule has 0 aliphatic carbocycles. The van der Waals surface area contributed by atoms with E-state index in [2.05, 4.69) is 0 Å². The van der Waals surface area contributed by atoms with Gasteiger partial charge in [-0.15, -0.1) is 0 Å². The molecular formula is C10H12O3. The van der Waals surface area contributed by atoms with Gasteiger partial charge in [0.1, 0.15) is 11.5 Å². The molecule has 0 bridgehead atoms. The SMILES string of the molecule is CCC(=O)CC(=O)c1ccc(C)o1. The standard InChI is InChI=1S/C10H12O3/c1-3-8(11)6-9(12)10-5-4-7(2)13-10/h4-5H,3,6H2,1-2H3. The van der Waals surface area contributed by atoms with Crippen molar-refractivity contribution in [2.24, 2.45) is 0 Å². The Balaban J connectivity index is 2.64. The third-order valence-electron chi connectivity index (χ3n) is 1.77. The molecule has 0 radical (unpaired) electrons. The highest BCUT2D eigenvalue weighted by molar-refractivity contribution is 6.06. The molecule has 3 heteroatoms. The Morgan fingerprint density at radius 3 is 2.54 bits per heavy atom. The molecule has 0 N–H and O–H groups in total. The lowest BCUT2D eigenvalue weighted by molar-refractivity contribution is -0.117. The fourth-order valence-corrected chi connectivity index (χ4v) is 0.976. The minimum Gasteiger partial charge on any atom is -0.458 e.